The number of carbonyl (C=O) groups excluding carboxylic acids is 1. The molecule has 0 bridgehead atoms. The van der Waals surface area contributed by atoms with Crippen molar-refractivity contribution in [2.24, 2.45) is 16.7 Å². The van der Waals surface area contributed by atoms with Gasteiger partial charge in [0.2, 0.25) is 5.91 Å². The summed E-state index contributed by atoms with van der Waals surface area (Å²) in [5.74, 6) is -0.441. The lowest BCUT2D eigenvalue weighted by molar-refractivity contribution is -0.146. The van der Waals surface area contributed by atoms with Crippen LogP contribution in [0, 0.1) is 23.7 Å². The molecule has 3 N–H and O–H groups in total. The lowest BCUT2D eigenvalue weighted by Gasteiger charge is -2.58. The van der Waals surface area contributed by atoms with Gasteiger partial charge in [-0.15, -0.1) is 17.9 Å². The molecule has 1 aromatic heterocycles. The first-order valence-electron chi connectivity index (χ1n) is 12.6. The van der Waals surface area contributed by atoms with Gasteiger partial charge in [-0.25, -0.2) is 13.4 Å². The van der Waals surface area contributed by atoms with E-state index in [-0.39, 0.29) is 40.8 Å². The van der Waals surface area contributed by atoms with Crippen LogP contribution in [0.25, 0.3) is 0 Å². The van der Waals surface area contributed by atoms with Gasteiger partial charge in [-0.05, 0) is 49.7 Å². The largest absolute Gasteiger partial charge is 0.396 e. The molecule has 0 spiro atoms. The predicted octanol–water partition coefficient (Wildman–Crippen LogP) is 3.70. The number of aliphatic hydroxyl groups is 2. The van der Waals surface area contributed by atoms with E-state index in [4.69, 9.17) is 4.98 Å². The van der Waals surface area contributed by atoms with E-state index in [2.05, 4.69) is 18.2 Å². The molecule has 0 saturated heterocycles. The first-order valence-corrected chi connectivity index (χ1v) is 14.9. The van der Waals surface area contributed by atoms with Gasteiger partial charge in [0.1, 0.15) is 0 Å². The maximum atomic E-state index is 13.2. The van der Waals surface area contributed by atoms with E-state index in [1.54, 1.807) is 42.3 Å². The molecule has 8 nitrogen and oxygen atoms in total. The van der Waals surface area contributed by atoms with Crippen LogP contribution in [0.1, 0.15) is 55.2 Å². The minimum Gasteiger partial charge on any atom is -0.396 e. The zero-order chi connectivity index (χ0) is 27.2. The number of nitrogens with zero attached hydrogens (tertiary/aromatic N) is 2. The van der Waals surface area contributed by atoms with E-state index in [0.717, 1.165) is 16.1 Å². The van der Waals surface area contributed by atoms with Gasteiger partial charge < -0.3 is 15.1 Å². The number of sulfonamides is 1. The summed E-state index contributed by atoms with van der Waals surface area (Å²) >= 11 is 1.27. The summed E-state index contributed by atoms with van der Waals surface area (Å²) in [6, 6.07) is 6.61. The number of hydrogen-bond acceptors (Lipinski definition) is 7. The molecule has 2 aromatic rings. The molecular weight excluding hydrogens is 510 g/mol. The molecule has 1 fully saturated rings. The zero-order valence-electron chi connectivity index (χ0n) is 21.9. The average molecular weight is 548 g/mol. The molecule has 5 atom stereocenters. The number of aliphatic hydroxyl groups excluding tert-OH is 2. The third-order valence-corrected chi connectivity index (χ3v) is 11.1. The third kappa shape index (κ3) is 4.96. The number of hydrogen-bond donors (Lipinski definition) is 3. The SMILES string of the molecule is C=CCN(C)C(=O)C[C@@H]1c2nc(NS(=O)(=O)c3ccc(C)cc3)sc2C[C@@H]2[C@](C)(CO)[C@H](O)CC[C@]21C. The molecular formula is C27H37N3O5S2. The standard InChI is InChI=1S/C27H37N3O5S2/c1-6-13-30(5)23(33)14-19-24-20(15-21-26(19,3)12-11-22(32)27(21,4)16-31)36-25(28-24)29-37(34,35)18-9-7-17(2)8-10-18/h6-10,19,21-22,31-32H,1,11-16H2,2-5H3,(H,28,29)/t19-,21+,22-,26+,27+/m1/s1. The maximum absolute atomic E-state index is 13.2. The number of fused-ring (bicyclic) bond motifs is 2. The Balaban J connectivity index is 1.75. The first kappa shape index (κ1) is 27.8. The van der Waals surface area contributed by atoms with Crippen molar-refractivity contribution in [1.82, 2.24) is 9.88 Å². The van der Waals surface area contributed by atoms with Crippen LogP contribution >= 0.6 is 11.3 Å². The van der Waals surface area contributed by atoms with Gasteiger partial charge >= 0.3 is 0 Å². The Morgan fingerprint density at radius 2 is 2.00 bits per heavy atom. The molecule has 2 aliphatic carbocycles. The van der Waals surface area contributed by atoms with Crippen molar-refractivity contribution in [1.29, 1.82) is 0 Å². The number of amides is 1. The second-order valence-electron chi connectivity index (χ2n) is 11.0. The summed E-state index contributed by atoms with van der Waals surface area (Å²) in [6.45, 7) is 9.90. The second kappa shape index (κ2) is 10.1. The number of benzene rings is 1. The van der Waals surface area contributed by atoms with Crippen LogP contribution in [-0.2, 0) is 21.2 Å². The van der Waals surface area contributed by atoms with Crippen molar-refractivity contribution in [2.75, 3.05) is 24.9 Å². The fourth-order valence-corrected chi connectivity index (χ4v) is 8.51. The summed E-state index contributed by atoms with van der Waals surface area (Å²) in [5, 5.41) is 21.6. The number of aryl methyl sites for hydroxylation is 1. The Labute approximate surface area is 223 Å². The van der Waals surface area contributed by atoms with Crippen molar-refractivity contribution in [3.05, 3.63) is 53.1 Å². The van der Waals surface area contributed by atoms with Gasteiger partial charge in [0, 0.05) is 36.2 Å². The highest BCUT2D eigenvalue weighted by Gasteiger charge is 2.59. The van der Waals surface area contributed by atoms with E-state index < -0.39 is 27.0 Å². The molecule has 1 saturated carbocycles. The van der Waals surface area contributed by atoms with Crippen LogP contribution in [0.3, 0.4) is 0 Å². The Morgan fingerprint density at radius 3 is 2.62 bits per heavy atom. The van der Waals surface area contributed by atoms with Crippen molar-refractivity contribution < 1.29 is 23.4 Å². The molecule has 1 aromatic carbocycles. The molecule has 37 heavy (non-hydrogen) atoms. The second-order valence-corrected chi connectivity index (χ2v) is 13.8. The molecule has 1 amide bonds. The highest BCUT2D eigenvalue weighted by Crippen LogP contribution is 2.63. The van der Waals surface area contributed by atoms with Crippen LogP contribution < -0.4 is 4.72 Å². The van der Waals surface area contributed by atoms with Crippen LogP contribution in [0.4, 0.5) is 5.13 Å². The number of rotatable bonds is 8. The Hall–Kier alpha value is -2.27. The van der Waals surface area contributed by atoms with Gasteiger partial charge in [-0.1, -0.05) is 37.6 Å². The van der Waals surface area contributed by atoms with Gasteiger partial charge in [0.25, 0.3) is 10.0 Å². The van der Waals surface area contributed by atoms with Crippen LogP contribution in [0.2, 0.25) is 0 Å². The molecule has 202 valence electrons. The Kier molecular flexibility index (Phi) is 7.60. The number of thiazole rings is 1. The van der Waals surface area contributed by atoms with Gasteiger partial charge in [0.05, 0.1) is 23.3 Å². The normalized spacial score (nSPS) is 29.2. The topological polar surface area (TPSA) is 120 Å². The number of likely N-dealkylation sites (N-methyl/N-ethyl adjacent to an activating group) is 1. The lowest BCUT2D eigenvalue weighted by Crippen LogP contribution is -2.57. The number of carbonyl (C=O) groups is 1. The van der Waals surface area contributed by atoms with Crippen molar-refractivity contribution in [2.45, 2.75) is 63.4 Å². The van der Waals surface area contributed by atoms with Crippen molar-refractivity contribution in [3.8, 4) is 0 Å². The highest BCUT2D eigenvalue weighted by atomic mass is 32.2. The first-order chi connectivity index (χ1) is 17.4. The molecule has 0 radical (unpaired) electrons. The minimum absolute atomic E-state index is 0.0515. The van der Waals surface area contributed by atoms with E-state index in [1.165, 1.54) is 11.3 Å². The number of nitrogens with one attached hydrogen (secondary N) is 1. The minimum atomic E-state index is -3.84. The summed E-state index contributed by atoms with van der Waals surface area (Å²) in [6.07, 6.45) is 2.97. The molecule has 4 rings (SSSR count). The van der Waals surface area contributed by atoms with Crippen LogP contribution in [0.5, 0.6) is 0 Å². The molecule has 0 aliphatic heterocycles. The third-order valence-electron chi connectivity index (χ3n) is 8.65. The van der Waals surface area contributed by atoms with Crippen LogP contribution in [-0.4, -0.2) is 60.7 Å². The zero-order valence-corrected chi connectivity index (χ0v) is 23.5. The quantitative estimate of drug-likeness (QED) is 0.434. The Bertz CT molecular complexity index is 1280. The lowest BCUT2D eigenvalue weighted by atomic mass is 9.47. The number of anilines is 1. The summed E-state index contributed by atoms with van der Waals surface area (Å²) < 4.78 is 28.8. The van der Waals surface area contributed by atoms with E-state index in [9.17, 15) is 23.4 Å². The van der Waals surface area contributed by atoms with E-state index >= 15 is 0 Å². The van der Waals surface area contributed by atoms with Gasteiger partial charge in [-0.2, -0.15) is 0 Å². The Morgan fingerprint density at radius 1 is 1.32 bits per heavy atom. The number of aromatic nitrogens is 1. The van der Waals surface area contributed by atoms with Crippen molar-refractivity contribution >= 4 is 32.4 Å². The predicted molar refractivity (Wildman–Crippen MR) is 145 cm³/mol. The molecule has 1 heterocycles. The molecule has 0 unspecified atom stereocenters. The van der Waals surface area contributed by atoms with E-state index in [1.807, 2.05) is 13.8 Å². The highest BCUT2D eigenvalue weighted by molar-refractivity contribution is 7.93. The average Bonchev–Trinajstić information content (AvgIpc) is 3.24. The summed E-state index contributed by atoms with van der Waals surface area (Å²) in [5.41, 5.74) is 0.546. The monoisotopic (exact) mass is 547 g/mol. The van der Waals surface area contributed by atoms with Gasteiger partial charge in [0.15, 0.2) is 5.13 Å². The van der Waals surface area contributed by atoms with Crippen LogP contribution in [0.15, 0.2) is 41.8 Å². The fourth-order valence-electron chi connectivity index (χ4n) is 6.21. The maximum Gasteiger partial charge on any atom is 0.263 e. The van der Waals surface area contributed by atoms with E-state index in [0.29, 0.717) is 25.8 Å². The smallest absolute Gasteiger partial charge is 0.263 e. The molecule has 2 aliphatic rings. The summed E-state index contributed by atoms with van der Waals surface area (Å²) in [4.78, 5) is 20.6. The molecule has 10 heteroatoms. The fraction of sp³-hybridized carbons (Fsp3) is 0.556. The summed E-state index contributed by atoms with van der Waals surface area (Å²) in [7, 11) is -2.10. The van der Waals surface area contributed by atoms with Crippen molar-refractivity contribution in [3.63, 3.8) is 0 Å². The van der Waals surface area contributed by atoms with Gasteiger partial charge in [-0.3, -0.25) is 9.52 Å².